The third-order valence-electron chi connectivity index (χ3n) is 1.64. The highest BCUT2D eigenvalue weighted by atomic mass is 32.3. The van der Waals surface area contributed by atoms with Gasteiger partial charge in [-0.15, -0.1) is 0 Å². The lowest BCUT2D eigenvalue weighted by Crippen LogP contribution is -2.13. The van der Waals surface area contributed by atoms with Crippen molar-refractivity contribution in [3.05, 3.63) is 29.8 Å². The lowest BCUT2D eigenvalue weighted by atomic mass is 9.96. The highest BCUT2D eigenvalue weighted by Gasteiger charge is 2.14. The van der Waals surface area contributed by atoms with Gasteiger partial charge in [-0.3, -0.25) is 9.11 Å². The summed E-state index contributed by atoms with van der Waals surface area (Å²) in [4.78, 5) is 0.100. The molecule has 1 aromatic carbocycles. The van der Waals surface area contributed by atoms with Gasteiger partial charge in [0.2, 0.25) is 0 Å². The highest BCUT2D eigenvalue weighted by molar-refractivity contribution is 8.23. The smallest absolute Gasteiger partial charge is 0.423 e. The van der Waals surface area contributed by atoms with Gasteiger partial charge in [0, 0.05) is 0 Å². The third kappa shape index (κ3) is 3.34. The van der Waals surface area contributed by atoms with Crippen LogP contribution in [0.4, 0.5) is 0 Å². The summed E-state index contributed by atoms with van der Waals surface area (Å²) in [6.45, 7) is 0. The van der Waals surface area contributed by atoms with E-state index in [2.05, 4.69) is 4.40 Å². The van der Waals surface area contributed by atoms with Crippen LogP contribution in [-0.4, -0.2) is 32.4 Å². The van der Waals surface area contributed by atoms with E-state index >= 15 is 0 Å². The molecule has 0 aromatic heterocycles. The fourth-order valence-corrected chi connectivity index (χ4v) is 1.81. The van der Waals surface area contributed by atoms with Crippen molar-refractivity contribution in [3.8, 4) is 6.07 Å². The number of benzene rings is 1. The minimum Gasteiger partial charge on any atom is -0.423 e. The van der Waals surface area contributed by atoms with Crippen LogP contribution < -0.4 is 0 Å². The number of nitrogens with zero attached hydrogens (tertiary/aromatic N) is 2. The van der Waals surface area contributed by atoms with Gasteiger partial charge >= 0.3 is 7.12 Å². The Morgan fingerprint density at radius 1 is 1.25 bits per heavy atom. The molecule has 84 valence electrons. The fourth-order valence-electron chi connectivity index (χ4n) is 0.912. The zero-order chi connectivity index (χ0) is 12.2. The molecule has 0 spiro atoms. The van der Waals surface area contributed by atoms with Gasteiger partial charge in [0.15, 0.2) is 0 Å². The first kappa shape index (κ1) is 12.7. The van der Waals surface area contributed by atoms with Crippen LogP contribution >= 0.6 is 10.8 Å². The largest absolute Gasteiger partial charge is 0.501 e. The average molecular weight is 240 g/mol. The third-order valence-corrected chi connectivity index (χ3v) is 2.96. The summed E-state index contributed by atoms with van der Waals surface area (Å²) in [6, 6.07) is 7.39. The molecule has 0 radical (unpaired) electrons. The molecule has 0 aliphatic rings. The summed E-state index contributed by atoms with van der Waals surface area (Å²) in [5.74, 6) is 0. The Balaban J connectivity index is 2.94. The summed E-state index contributed by atoms with van der Waals surface area (Å²) >= 11 is 0. The molecule has 0 bridgehead atoms. The van der Waals surface area contributed by atoms with Crippen molar-refractivity contribution in [1.82, 2.24) is 0 Å². The molecule has 1 rings (SSSR count). The van der Waals surface area contributed by atoms with E-state index in [0.29, 0.717) is 11.7 Å². The van der Waals surface area contributed by atoms with Crippen molar-refractivity contribution >= 4 is 24.0 Å². The van der Waals surface area contributed by atoms with Crippen molar-refractivity contribution in [2.45, 2.75) is 4.90 Å². The van der Waals surface area contributed by atoms with E-state index in [1.165, 1.54) is 24.3 Å². The van der Waals surface area contributed by atoms with Gasteiger partial charge in [-0.25, -0.2) is 0 Å². The second kappa shape index (κ2) is 5.11. The van der Waals surface area contributed by atoms with E-state index < -0.39 is 17.9 Å². The number of hydrogen-bond acceptors (Lipinski definition) is 6. The van der Waals surface area contributed by atoms with Gasteiger partial charge < -0.3 is 10.0 Å². The van der Waals surface area contributed by atoms with Crippen LogP contribution in [0, 0.1) is 11.3 Å². The number of rotatable bonds is 3. The molecule has 0 amide bonds. The SMILES string of the molecule is N#Cc1ccc(S(O)(O)N=CB(O)O)cc1. The molecular weight excluding hydrogens is 231 g/mol. The maximum Gasteiger partial charge on any atom is 0.501 e. The van der Waals surface area contributed by atoms with Crippen molar-refractivity contribution < 1.29 is 19.2 Å². The Hall–Kier alpha value is -1.37. The molecule has 0 saturated carbocycles. The van der Waals surface area contributed by atoms with Crippen molar-refractivity contribution in [2.75, 3.05) is 0 Å². The topological polar surface area (TPSA) is 117 Å². The first-order valence-electron chi connectivity index (χ1n) is 4.15. The fraction of sp³-hybridized carbons (Fsp3) is 0. The van der Waals surface area contributed by atoms with Gasteiger partial charge in [-0.1, -0.05) is 10.8 Å². The number of hydrogen-bond donors (Lipinski definition) is 4. The summed E-state index contributed by atoms with van der Waals surface area (Å²) in [7, 11) is -5.28. The highest BCUT2D eigenvalue weighted by Crippen LogP contribution is 2.48. The Morgan fingerprint density at radius 3 is 2.25 bits per heavy atom. The quantitative estimate of drug-likeness (QED) is 0.457. The lowest BCUT2D eigenvalue weighted by molar-refractivity contribution is 0.431. The molecular formula is C8H9BN2O4S. The molecule has 16 heavy (non-hydrogen) atoms. The molecule has 0 aliphatic heterocycles. The second-order valence-corrected chi connectivity index (χ2v) is 4.54. The first-order chi connectivity index (χ1) is 7.45. The number of nitriles is 1. The van der Waals surface area contributed by atoms with Crippen molar-refractivity contribution in [3.63, 3.8) is 0 Å². The maximum atomic E-state index is 9.53. The molecule has 6 nitrogen and oxygen atoms in total. The van der Waals surface area contributed by atoms with Gasteiger partial charge in [0.25, 0.3) is 0 Å². The summed E-state index contributed by atoms with van der Waals surface area (Å²) in [6.07, 6.45) is 0.619. The predicted octanol–water partition coefficient (Wildman–Crippen LogP) is 0.666. The van der Waals surface area contributed by atoms with E-state index in [4.69, 9.17) is 15.3 Å². The van der Waals surface area contributed by atoms with Gasteiger partial charge in [0.1, 0.15) is 0 Å². The van der Waals surface area contributed by atoms with Crippen molar-refractivity contribution in [1.29, 1.82) is 5.26 Å². The van der Waals surface area contributed by atoms with Crippen LogP contribution in [0.25, 0.3) is 0 Å². The molecule has 0 unspecified atom stereocenters. The zero-order valence-electron chi connectivity index (χ0n) is 8.06. The summed E-state index contributed by atoms with van der Waals surface area (Å²) < 4.78 is 22.3. The molecule has 0 atom stereocenters. The normalized spacial score (nSPS) is 12.4. The molecule has 0 heterocycles. The maximum absolute atomic E-state index is 9.53. The van der Waals surface area contributed by atoms with E-state index in [1.54, 1.807) is 0 Å². The molecule has 8 heteroatoms. The molecule has 4 N–H and O–H groups in total. The lowest BCUT2D eigenvalue weighted by Gasteiger charge is -2.26. The first-order valence-corrected chi connectivity index (χ1v) is 5.66. The van der Waals surface area contributed by atoms with Crippen LogP contribution in [0.3, 0.4) is 0 Å². The van der Waals surface area contributed by atoms with Crippen LogP contribution in [0.15, 0.2) is 33.6 Å². The second-order valence-electron chi connectivity index (χ2n) is 2.82. The summed E-state index contributed by atoms with van der Waals surface area (Å²) in [5.41, 5.74) is 0.380. The molecule has 0 saturated heterocycles. The van der Waals surface area contributed by atoms with Gasteiger partial charge in [-0.2, -0.15) is 9.66 Å². The Bertz CT molecular complexity index is 427. The van der Waals surface area contributed by atoms with Gasteiger partial charge in [-0.05, 0) is 24.3 Å². The van der Waals surface area contributed by atoms with Crippen LogP contribution in [0.1, 0.15) is 5.56 Å². The monoisotopic (exact) mass is 240 g/mol. The average Bonchev–Trinajstić information content (AvgIpc) is 2.27. The Morgan fingerprint density at radius 2 is 1.81 bits per heavy atom. The Kier molecular flexibility index (Phi) is 4.06. The van der Waals surface area contributed by atoms with Crippen LogP contribution in [0.5, 0.6) is 0 Å². The Labute approximate surface area is 94.1 Å². The van der Waals surface area contributed by atoms with E-state index in [1.807, 2.05) is 6.07 Å². The molecule has 1 aromatic rings. The minimum absolute atomic E-state index is 0.100. The van der Waals surface area contributed by atoms with Crippen LogP contribution in [0.2, 0.25) is 0 Å². The molecule has 0 fully saturated rings. The standard InChI is InChI=1S/C8H9BN2O4S/c10-5-7-1-3-8(4-2-7)16(14,15)11-6-9(12)13/h1-4,6,12-15H. The van der Waals surface area contributed by atoms with E-state index in [9.17, 15) is 9.11 Å². The predicted molar refractivity (Wildman–Crippen MR) is 61.0 cm³/mol. The molecule has 0 aliphatic carbocycles. The van der Waals surface area contributed by atoms with Gasteiger partial charge in [0.05, 0.1) is 22.6 Å². The van der Waals surface area contributed by atoms with E-state index in [0.717, 1.165) is 0 Å². The minimum atomic E-state index is -3.44. The summed E-state index contributed by atoms with van der Waals surface area (Å²) in [5, 5.41) is 25.5. The van der Waals surface area contributed by atoms with E-state index in [-0.39, 0.29) is 4.90 Å². The zero-order valence-corrected chi connectivity index (χ0v) is 8.87. The van der Waals surface area contributed by atoms with Crippen molar-refractivity contribution in [2.24, 2.45) is 4.40 Å². The van der Waals surface area contributed by atoms with Crippen LogP contribution in [-0.2, 0) is 0 Å².